The van der Waals surface area contributed by atoms with Crippen molar-refractivity contribution in [3.05, 3.63) is 0 Å². The Morgan fingerprint density at radius 3 is 2.20 bits per heavy atom. The molecule has 0 rings (SSSR count). The minimum Gasteiger partial charge on any atom is -0.444 e. The van der Waals surface area contributed by atoms with Crippen LogP contribution < -0.4 is 0 Å². The summed E-state index contributed by atoms with van der Waals surface area (Å²) in [5, 5.41) is 0.684. The molecule has 5 heteroatoms. The zero-order valence-electron chi connectivity index (χ0n) is 13.8. The molecule has 0 bridgehead atoms. The SMILES string of the molecule is CCCCOC(C)(CBr)CN(CC)C(=O)OC(C)(C)C. The first-order chi connectivity index (χ1) is 9.17. The van der Waals surface area contributed by atoms with Gasteiger partial charge >= 0.3 is 6.09 Å². The number of carbonyl (C=O) groups is 1. The molecule has 0 saturated heterocycles. The van der Waals surface area contributed by atoms with Crippen LogP contribution in [0.4, 0.5) is 4.79 Å². The Kier molecular flexibility index (Phi) is 8.75. The number of alkyl halides is 1. The number of ether oxygens (including phenoxy) is 2. The van der Waals surface area contributed by atoms with Crippen LogP contribution in [-0.4, -0.2) is 47.2 Å². The Morgan fingerprint density at radius 1 is 1.20 bits per heavy atom. The van der Waals surface area contributed by atoms with Gasteiger partial charge in [0.2, 0.25) is 0 Å². The minimum absolute atomic E-state index is 0.286. The largest absolute Gasteiger partial charge is 0.444 e. The van der Waals surface area contributed by atoms with Crippen molar-refractivity contribution in [2.45, 2.75) is 65.6 Å². The molecule has 0 radical (unpaired) electrons. The molecule has 0 fully saturated rings. The van der Waals surface area contributed by atoms with E-state index in [9.17, 15) is 4.79 Å². The van der Waals surface area contributed by atoms with Crippen molar-refractivity contribution in [2.75, 3.05) is 25.0 Å². The Morgan fingerprint density at radius 2 is 1.80 bits per heavy atom. The zero-order chi connectivity index (χ0) is 15.8. The van der Waals surface area contributed by atoms with E-state index in [2.05, 4.69) is 22.9 Å². The van der Waals surface area contributed by atoms with Gasteiger partial charge in [0.1, 0.15) is 5.60 Å². The number of carbonyl (C=O) groups excluding carboxylic acids is 1. The molecule has 0 heterocycles. The minimum atomic E-state index is -0.474. The number of halogens is 1. The number of unbranched alkanes of at least 4 members (excludes halogenated alkanes) is 1. The number of nitrogens with zero attached hydrogens (tertiary/aromatic N) is 1. The number of rotatable bonds is 8. The van der Waals surface area contributed by atoms with Crippen LogP contribution in [0, 0.1) is 0 Å². The second-order valence-electron chi connectivity index (χ2n) is 6.28. The van der Waals surface area contributed by atoms with E-state index in [1.54, 1.807) is 4.90 Å². The van der Waals surface area contributed by atoms with Gasteiger partial charge in [-0.1, -0.05) is 29.3 Å². The molecule has 0 aromatic carbocycles. The van der Waals surface area contributed by atoms with Crippen molar-refractivity contribution in [2.24, 2.45) is 0 Å². The molecular formula is C15H30BrNO3. The average molecular weight is 352 g/mol. The third-order valence-electron chi connectivity index (χ3n) is 2.79. The van der Waals surface area contributed by atoms with Gasteiger partial charge in [-0.15, -0.1) is 0 Å². The number of hydrogen-bond donors (Lipinski definition) is 0. The predicted molar refractivity (Wildman–Crippen MR) is 86.5 cm³/mol. The van der Waals surface area contributed by atoms with Crippen LogP contribution in [0.1, 0.15) is 54.4 Å². The predicted octanol–water partition coefficient (Wildman–Crippen LogP) is 4.21. The van der Waals surface area contributed by atoms with Crippen molar-refractivity contribution in [3.63, 3.8) is 0 Å². The second-order valence-corrected chi connectivity index (χ2v) is 6.84. The zero-order valence-corrected chi connectivity index (χ0v) is 15.4. The summed E-state index contributed by atoms with van der Waals surface area (Å²) >= 11 is 3.49. The van der Waals surface area contributed by atoms with E-state index >= 15 is 0 Å². The lowest BCUT2D eigenvalue weighted by Crippen LogP contribution is -2.48. The topological polar surface area (TPSA) is 38.8 Å². The van der Waals surface area contributed by atoms with E-state index in [1.165, 1.54) is 0 Å². The van der Waals surface area contributed by atoms with Gasteiger partial charge in [-0.25, -0.2) is 4.79 Å². The van der Waals surface area contributed by atoms with E-state index in [0.717, 1.165) is 12.8 Å². The fraction of sp³-hybridized carbons (Fsp3) is 0.933. The van der Waals surface area contributed by atoms with Crippen molar-refractivity contribution in [1.29, 1.82) is 0 Å². The first kappa shape index (κ1) is 19.7. The molecule has 0 aromatic heterocycles. The van der Waals surface area contributed by atoms with Gasteiger partial charge in [-0.2, -0.15) is 0 Å². The van der Waals surface area contributed by atoms with E-state index in [4.69, 9.17) is 9.47 Å². The monoisotopic (exact) mass is 351 g/mol. The molecule has 4 nitrogen and oxygen atoms in total. The van der Waals surface area contributed by atoms with E-state index in [0.29, 0.717) is 25.0 Å². The van der Waals surface area contributed by atoms with Gasteiger partial charge in [-0.3, -0.25) is 0 Å². The molecule has 1 atom stereocenters. The second kappa shape index (κ2) is 8.88. The Balaban J connectivity index is 4.60. The molecule has 1 amide bonds. The first-order valence-corrected chi connectivity index (χ1v) is 8.47. The number of hydrogen-bond acceptors (Lipinski definition) is 3. The van der Waals surface area contributed by atoms with Gasteiger partial charge < -0.3 is 14.4 Å². The molecule has 0 saturated carbocycles. The number of likely N-dealkylation sites (N-methyl/N-ethyl adjacent to an activating group) is 1. The lowest BCUT2D eigenvalue weighted by atomic mass is 10.1. The van der Waals surface area contributed by atoms with Crippen molar-refractivity contribution in [1.82, 2.24) is 4.90 Å². The van der Waals surface area contributed by atoms with Gasteiger partial charge in [0, 0.05) is 18.5 Å². The Bertz CT molecular complexity index is 291. The van der Waals surface area contributed by atoms with Crippen LogP contribution in [0.25, 0.3) is 0 Å². The van der Waals surface area contributed by atoms with Crippen LogP contribution in [-0.2, 0) is 9.47 Å². The lowest BCUT2D eigenvalue weighted by molar-refractivity contribution is -0.0430. The average Bonchev–Trinajstić information content (AvgIpc) is 2.34. The quantitative estimate of drug-likeness (QED) is 0.485. The summed E-state index contributed by atoms with van der Waals surface area (Å²) < 4.78 is 11.4. The van der Waals surface area contributed by atoms with E-state index in [-0.39, 0.29) is 11.7 Å². The molecule has 0 aromatic rings. The fourth-order valence-corrected chi connectivity index (χ4v) is 1.96. The van der Waals surface area contributed by atoms with Crippen LogP contribution in [0.15, 0.2) is 0 Å². The van der Waals surface area contributed by atoms with Gasteiger partial charge in [-0.05, 0) is 41.0 Å². The van der Waals surface area contributed by atoms with Crippen LogP contribution in [0.3, 0.4) is 0 Å². The highest BCUT2D eigenvalue weighted by molar-refractivity contribution is 9.09. The summed E-state index contributed by atoms with van der Waals surface area (Å²) in [7, 11) is 0. The summed E-state index contributed by atoms with van der Waals surface area (Å²) in [5.74, 6) is 0. The highest BCUT2D eigenvalue weighted by atomic mass is 79.9. The Hall–Kier alpha value is -0.290. The molecule has 0 aliphatic heterocycles. The fourth-order valence-electron chi connectivity index (χ4n) is 1.63. The molecule has 0 aliphatic rings. The van der Waals surface area contributed by atoms with Crippen LogP contribution in [0.2, 0.25) is 0 Å². The third-order valence-corrected chi connectivity index (χ3v) is 3.98. The molecule has 0 N–H and O–H groups in total. The molecule has 1 unspecified atom stereocenters. The van der Waals surface area contributed by atoms with Crippen molar-refractivity contribution < 1.29 is 14.3 Å². The maximum Gasteiger partial charge on any atom is 0.410 e. The summed E-state index contributed by atoms with van der Waals surface area (Å²) in [6, 6.07) is 0. The van der Waals surface area contributed by atoms with Gasteiger partial charge in [0.15, 0.2) is 0 Å². The summed E-state index contributed by atoms with van der Waals surface area (Å²) in [6.07, 6.45) is 1.84. The number of amides is 1. The highest BCUT2D eigenvalue weighted by Crippen LogP contribution is 2.18. The highest BCUT2D eigenvalue weighted by Gasteiger charge is 2.30. The van der Waals surface area contributed by atoms with Gasteiger partial charge in [0.25, 0.3) is 0 Å². The maximum atomic E-state index is 12.1. The molecule has 120 valence electrons. The first-order valence-electron chi connectivity index (χ1n) is 7.35. The molecule has 0 aliphatic carbocycles. The maximum absolute atomic E-state index is 12.1. The molecule has 0 spiro atoms. The Labute approximate surface area is 132 Å². The molecule has 20 heavy (non-hydrogen) atoms. The third kappa shape index (κ3) is 8.10. The summed E-state index contributed by atoms with van der Waals surface area (Å²) in [4.78, 5) is 13.8. The normalized spacial score (nSPS) is 14.8. The van der Waals surface area contributed by atoms with Crippen LogP contribution >= 0.6 is 15.9 Å². The standard InChI is InChI=1S/C15H30BrNO3/c1-7-9-10-19-15(6,11-16)12-17(8-2)13(18)20-14(3,4)5/h7-12H2,1-6H3. The van der Waals surface area contributed by atoms with Crippen molar-refractivity contribution in [3.8, 4) is 0 Å². The van der Waals surface area contributed by atoms with E-state index < -0.39 is 5.60 Å². The lowest BCUT2D eigenvalue weighted by Gasteiger charge is -2.35. The van der Waals surface area contributed by atoms with E-state index in [1.807, 2.05) is 34.6 Å². The summed E-state index contributed by atoms with van der Waals surface area (Å²) in [6.45, 7) is 13.6. The van der Waals surface area contributed by atoms with Crippen molar-refractivity contribution >= 4 is 22.0 Å². The summed E-state index contributed by atoms with van der Waals surface area (Å²) in [5.41, 5.74) is -0.861. The molecular weight excluding hydrogens is 322 g/mol. The smallest absolute Gasteiger partial charge is 0.410 e. The van der Waals surface area contributed by atoms with Crippen LogP contribution in [0.5, 0.6) is 0 Å². The van der Waals surface area contributed by atoms with Gasteiger partial charge in [0.05, 0.1) is 12.1 Å².